The first-order valence-corrected chi connectivity index (χ1v) is 4.29. The van der Waals surface area contributed by atoms with Crippen LogP contribution >= 0.6 is 0 Å². The van der Waals surface area contributed by atoms with Gasteiger partial charge in [-0.2, -0.15) is 4.98 Å². The van der Waals surface area contributed by atoms with E-state index in [1.54, 1.807) is 0 Å². The first-order chi connectivity index (χ1) is 7.90. The van der Waals surface area contributed by atoms with Crippen molar-refractivity contribution in [1.82, 2.24) is 60.5 Å². The molecule has 16 heavy (non-hydrogen) atoms. The van der Waals surface area contributed by atoms with E-state index >= 15 is 0 Å². The van der Waals surface area contributed by atoms with Crippen molar-refractivity contribution >= 4 is 22.8 Å². The predicted molar refractivity (Wildman–Crippen MR) is 47.7 cm³/mol. The highest BCUT2D eigenvalue weighted by molar-refractivity contribution is 5.66. The van der Waals surface area contributed by atoms with Gasteiger partial charge >= 0.3 is 0 Å². The number of hydrogen-bond acceptors (Lipinski definition) is 6. The number of rotatable bonds is 0. The molecule has 0 bridgehead atoms. The maximum absolute atomic E-state index is 4.16. The van der Waals surface area contributed by atoms with Gasteiger partial charge in [0.1, 0.15) is 0 Å². The second-order valence-electron chi connectivity index (χ2n) is 3.01. The second-order valence-corrected chi connectivity index (χ2v) is 3.01. The summed E-state index contributed by atoms with van der Waals surface area (Å²) in [4.78, 5) is 7.10. The summed E-state index contributed by atoms with van der Waals surface area (Å²) in [6.45, 7) is 0. The van der Waals surface area contributed by atoms with Gasteiger partial charge in [0.25, 0.3) is 11.6 Å². The van der Waals surface area contributed by atoms with E-state index in [4.69, 9.17) is 0 Å². The molecule has 0 unspecified atom stereocenters. The zero-order chi connectivity index (χ0) is 10.5. The molecule has 12 heteroatoms. The molecule has 0 radical (unpaired) electrons. The third-order valence-corrected chi connectivity index (χ3v) is 2.05. The molecule has 12 nitrogen and oxygen atoms in total. The highest BCUT2D eigenvalue weighted by Gasteiger charge is 2.06. The maximum Gasteiger partial charge on any atom is 0.293 e. The van der Waals surface area contributed by atoms with Crippen LogP contribution in [-0.4, -0.2) is 60.5 Å². The van der Waals surface area contributed by atoms with Crippen LogP contribution < -0.4 is 0 Å². The lowest BCUT2D eigenvalue weighted by molar-refractivity contribution is 0.715. The van der Waals surface area contributed by atoms with Crippen molar-refractivity contribution in [3.63, 3.8) is 0 Å². The highest BCUT2D eigenvalue weighted by Crippen LogP contribution is 2.02. The van der Waals surface area contributed by atoms with Crippen LogP contribution in [0.4, 0.5) is 0 Å². The van der Waals surface area contributed by atoms with Gasteiger partial charge in [-0.05, 0) is 10.4 Å². The minimum absolute atomic E-state index is 0.306. The van der Waals surface area contributed by atoms with E-state index in [-0.39, 0.29) is 0 Å². The Morgan fingerprint density at radius 2 is 2.19 bits per heavy atom. The molecular formula is C4H4N12. The summed E-state index contributed by atoms with van der Waals surface area (Å²) >= 11 is 0. The van der Waals surface area contributed by atoms with Crippen molar-refractivity contribution in [3.05, 3.63) is 0 Å². The smallest absolute Gasteiger partial charge is 0.293 e. The zero-order valence-electron chi connectivity index (χ0n) is 7.58. The van der Waals surface area contributed by atoms with Gasteiger partial charge in [0, 0.05) is 0 Å². The fraction of sp³-hybridized carbons (Fsp3) is 0. The van der Waals surface area contributed by atoms with E-state index in [1.165, 1.54) is 9.26 Å². The summed E-state index contributed by atoms with van der Waals surface area (Å²) in [7, 11) is 0. The van der Waals surface area contributed by atoms with Gasteiger partial charge in [0.05, 0.1) is 0 Å². The predicted octanol–water partition coefficient (Wildman–Crippen LogP) is -1.85. The van der Waals surface area contributed by atoms with Gasteiger partial charge in [-0.3, -0.25) is 5.10 Å². The number of aromatic amines is 4. The van der Waals surface area contributed by atoms with E-state index in [9.17, 15) is 0 Å². The average Bonchev–Trinajstić information content (AvgIpc) is 2.89. The number of aromatic nitrogens is 12. The van der Waals surface area contributed by atoms with Crippen LogP contribution in [0, 0.1) is 0 Å². The third kappa shape index (κ3) is 0.819. The molecule has 0 spiro atoms. The van der Waals surface area contributed by atoms with Crippen molar-refractivity contribution in [3.8, 4) is 0 Å². The number of tetrazole rings is 2. The number of H-pyrrole nitrogens is 4. The molecule has 0 aromatic carbocycles. The summed E-state index contributed by atoms with van der Waals surface area (Å²) < 4.78 is 2.73. The first kappa shape index (κ1) is 7.38. The van der Waals surface area contributed by atoms with E-state index in [1.807, 2.05) is 0 Å². The molecule has 0 aliphatic carbocycles. The quantitative estimate of drug-likeness (QED) is 0.273. The molecule has 0 saturated heterocycles. The van der Waals surface area contributed by atoms with Crippen LogP contribution in [0.15, 0.2) is 0 Å². The van der Waals surface area contributed by atoms with Crippen molar-refractivity contribution in [1.29, 1.82) is 0 Å². The number of fused-ring (bicyclic) bond motifs is 3. The topological polar surface area (TPSA) is 149 Å². The molecule has 4 N–H and O–H groups in total. The Balaban J connectivity index is 2.26. The third-order valence-electron chi connectivity index (χ3n) is 2.05. The van der Waals surface area contributed by atoms with Gasteiger partial charge in [-0.15, -0.1) is 14.8 Å². The number of nitrogens with zero attached hydrogens (tertiary/aromatic N) is 8. The van der Waals surface area contributed by atoms with Gasteiger partial charge in [0.2, 0.25) is 0 Å². The van der Waals surface area contributed by atoms with Crippen LogP contribution in [0.2, 0.25) is 0 Å². The first-order valence-electron chi connectivity index (χ1n) is 4.29. The Hall–Kier alpha value is -2.92. The number of hydrogen-bond donors (Lipinski definition) is 4. The Labute approximate surface area is 84.3 Å². The summed E-state index contributed by atoms with van der Waals surface area (Å²) in [5, 5.41) is 27.0. The molecule has 0 atom stereocenters. The Bertz CT molecular complexity index is 680. The summed E-state index contributed by atoms with van der Waals surface area (Å²) in [6, 6.07) is 0. The molecule has 0 fully saturated rings. The largest absolute Gasteiger partial charge is 0.302 e. The molecule has 0 aliphatic rings. The van der Waals surface area contributed by atoms with Gasteiger partial charge < -0.3 is 4.98 Å². The van der Waals surface area contributed by atoms with E-state index < -0.39 is 0 Å². The Morgan fingerprint density at radius 1 is 1.19 bits per heavy atom. The molecule has 0 amide bonds. The van der Waals surface area contributed by atoms with Gasteiger partial charge in [-0.1, -0.05) is 9.73 Å². The lowest BCUT2D eigenvalue weighted by Gasteiger charge is -1.98. The molecule has 4 rings (SSSR count). The SMILES string of the molecule is n1nc2nc3[nH]n4[nH][nH]nc4[nH]c3nn2n1. The van der Waals surface area contributed by atoms with Crippen LogP contribution in [0.25, 0.3) is 22.8 Å². The lowest BCUT2D eigenvalue weighted by atomic mass is 10.7. The maximum atomic E-state index is 4.16. The fourth-order valence-corrected chi connectivity index (χ4v) is 1.37. The van der Waals surface area contributed by atoms with E-state index in [0.29, 0.717) is 22.8 Å². The van der Waals surface area contributed by atoms with Crippen molar-refractivity contribution in [2.45, 2.75) is 0 Å². The van der Waals surface area contributed by atoms with Crippen molar-refractivity contribution in [2.75, 3.05) is 0 Å². The van der Waals surface area contributed by atoms with Crippen LogP contribution in [0.1, 0.15) is 0 Å². The molecule has 4 aromatic rings. The lowest BCUT2D eigenvalue weighted by Crippen LogP contribution is -2.05. The molecular weight excluding hydrogens is 216 g/mol. The van der Waals surface area contributed by atoms with Gasteiger partial charge in [0.15, 0.2) is 11.3 Å². The standard InChI is InChI=1S/C4H4N12/c5-1-2(10-16-3(5)7-11-14-16)6-4-8-12-13-15(4)9-1/h11,14H,(H,5,7,9)(H,6,8,10,13). The summed E-state index contributed by atoms with van der Waals surface area (Å²) in [6.07, 6.45) is 0. The minimum Gasteiger partial charge on any atom is -0.302 e. The molecule has 80 valence electrons. The van der Waals surface area contributed by atoms with Crippen molar-refractivity contribution in [2.24, 2.45) is 0 Å². The second kappa shape index (κ2) is 2.36. The Morgan fingerprint density at radius 3 is 3.19 bits per heavy atom. The van der Waals surface area contributed by atoms with E-state index in [2.05, 4.69) is 51.2 Å². The number of nitrogens with one attached hydrogen (secondary N) is 4. The van der Waals surface area contributed by atoms with Crippen LogP contribution in [0.5, 0.6) is 0 Å². The van der Waals surface area contributed by atoms with E-state index in [0.717, 1.165) is 0 Å². The normalized spacial score (nSPS) is 11.8. The fourth-order valence-electron chi connectivity index (χ4n) is 1.37. The van der Waals surface area contributed by atoms with Crippen molar-refractivity contribution < 1.29 is 0 Å². The molecule has 0 aliphatic heterocycles. The molecule has 4 heterocycles. The minimum atomic E-state index is 0.306. The highest BCUT2D eigenvalue weighted by atomic mass is 15.6. The Kier molecular flexibility index (Phi) is 1.09. The zero-order valence-corrected chi connectivity index (χ0v) is 7.58. The monoisotopic (exact) mass is 220 g/mol. The molecule has 4 aromatic heterocycles. The summed E-state index contributed by atoms with van der Waals surface area (Å²) in [5.74, 6) is 0.829. The van der Waals surface area contributed by atoms with Gasteiger partial charge in [-0.25, -0.2) is 10.4 Å². The average molecular weight is 220 g/mol. The summed E-state index contributed by atoms with van der Waals surface area (Å²) in [5.41, 5.74) is 0.984. The van der Waals surface area contributed by atoms with Crippen LogP contribution in [0.3, 0.4) is 0 Å². The van der Waals surface area contributed by atoms with Crippen LogP contribution in [-0.2, 0) is 0 Å². The molecule has 0 saturated carbocycles.